The van der Waals surface area contributed by atoms with Gasteiger partial charge in [0.1, 0.15) is 0 Å². The number of hydrogen-bond donors (Lipinski definition) is 0. The summed E-state index contributed by atoms with van der Waals surface area (Å²) < 4.78 is 0. The van der Waals surface area contributed by atoms with Crippen LogP contribution in [-0.4, -0.2) is 15.9 Å². The first kappa shape index (κ1) is 14.2. The summed E-state index contributed by atoms with van der Waals surface area (Å²) in [5.41, 5.74) is 1.45. The van der Waals surface area contributed by atoms with E-state index in [4.69, 9.17) is 0 Å². The van der Waals surface area contributed by atoms with Crippen LogP contribution in [0.25, 0.3) is 0 Å². The first-order valence-corrected chi connectivity index (χ1v) is 6.57. The van der Waals surface area contributed by atoms with Gasteiger partial charge in [-0.2, -0.15) is 0 Å². The van der Waals surface area contributed by atoms with E-state index in [-0.39, 0.29) is 5.91 Å². The summed E-state index contributed by atoms with van der Waals surface area (Å²) in [6.45, 7) is 7.70. The van der Waals surface area contributed by atoms with Gasteiger partial charge in [-0.25, -0.2) is 4.98 Å². The minimum Gasteiger partial charge on any atom is -0.273 e. The van der Waals surface area contributed by atoms with Gasteiger partial charge >= 0.3 is 0 Å². The number of benzene rings is 1. The fourth-order valence-electron chi connectivity index (χ4n) is 1.79. The van der Waals surface area contributed by atoms with Crippen molar-refractivity contribution >= 4 is 17.4 Å². The van der Waals surface area contributed by atoms with Crippen LogP contribution >= 0.6 is 0 Å². The Morgan fingerprint density at radius 1 is 1.10 bits per heavy atom. The maximum atomic E-state index is 12.7. The molecule has 1 amide bonds. The number of nitrogens with zero attached hydrogens (tertiary/aromatic N) is 3. The second kappa shape index (κ2) is 5.41. The van der Waals surface area contributed by atoms with E-state index in [9.17, 15) is 4.79 Å². The van der Waals surface area contributed by atoms with Crippen molar-refractivity contribution in [3.63, 3.8) is 0 Å². The molecule has 2 aromatic rings. The Hall–Kier alpha value is -2.23. The Labute approximate surface area is 119 Å². The van der Waals surface area contributed by atoms with Crippen LogP contribution < -0.4 is 4.90 Å². The first-order chi connectivity index (χ1) is 9.39. The summed E-state index contributed by atoms with van der Waals surface area (Å²) in [4.78, 5) is 22.6. The van der Waals surface area contributed by atoms with Gasteiger partial charge in [0.25, 0.3) is 0 Å². The molecule has 2 rings (SSSR count). The summed E-state index contributed by atoms with van der Waals surface area (Å²) >= 11 is 0. The van der Waals surface area contributed by atoms with Gasteiger partial charge in [0, 0.05) is 17.8 Å². The molecule has 0 fully saturated rings. The van der Waals surface area contributed by atoms with E-state index in [1.807, 2.05) is 52.0 Å². The van der Waals surface area contributed by atoms with E-state index in [2.05, 4.69) is 9.97 Å². The molecule has 1 aromatic carbocycles. The molecule has 0 saturated carbocycles. The molecule has 0 N–H and O–H groups in total. The molecular weight excluding hydrogens is 250 g/mol. The summed E-state index contributed by atoms with van der Waals surface area (Å²) in [6, 6.07) is 7.81. The zero-order chi connectivity index (χ0) is 14.8. The number of anilines is 2. The third kappa shape index (κ3) is 3.02. The van der Waals surface area contributed by atoms with Crippen molar-refractivity contribution in [2.45, 2.75) is 27.7 Å². The van der Waals surface area contributed by atoms with Gasteiger partial charge in [0.2, 0.25) is 5.91 Å². The SMILES string of the molecule is Cc1ccc(N(C(=O)C(C)(C)C)c2cnccn2)cc1. The van der Waals surface area contributed by atoms with Crippen LogP contribution in [-0.2, 0) is 4.79 Å². The molecule has 1 aromatic heterocycles. The quantitative estimate of drug-likeness (QED) is 0.838. The summed E-state index contributed by atoms with van der Waals surface area (Å²) in [5, 5.41) is 0. The maximum Gasteiger partial charge on any atom is 0.238 e. The lowest BCUT2D eigenvalue weighted by Gasteiger charge is -2.28. The predicted molar refractivity (Wildman–Crippen MR) is 79.8 cm³/mol. The molecule has 4 heteroatoms. The van der Waals surface area contributed by atoms with Gasteiger partial charge < -0.3 is 0 Å². The van der Waals surface area contributed by atoms with Gasteiger partial charge in [-0.15, -0.1) is 0 Å². The fraction of sp³-hybridized carbons (Fsp3) is 0.312. The van der Waals surface area contributed by atoms with E-state index in [1.54, 1.807) is 23.5 Å². The van der Waals surface area contributed by atoms with Crippen molar-refractivity contribution in [3.05, 3.63) is 48.4 Å². The minimum absolute atomic E-state index is 0.0122. The first-order valence-electron chi connectivity index (χ1n) is 6.57. The number of carbonyl (C=O) groups excluding carboxylic acids is 1. The number of hydrogen-bond acceptors (Lipinski definition) is 3. The Morgan fingerprint density at radius 3 is 2.25 bits per heavy atom. The monoisotopic (exact) mass is 269 g/mol. The van der Waals surface area contributed by atoms with E-state index in [0.29, 0.717) is 5.82 Å². The number of amides is 1. The third-order valence-corrected chi connectivity index (χ3v) is 2.92. The maximum absolute atomic E-state index is 12.7. The van der Waals surface area contributed by atoms with Crippen molar-refractivity contribution in [2.75, 3.05) is 4.90 Å². The van der Waals surface area contributed by atoms with Crippen molar-refractivity contribution in [1.82, 2.24) is 9.97 Å². The van der Waals surface area contributed by atoms with Crippen LogP contribution in [0.2, 0.25) is 0 Å². The van der Waals surface area contributed by atoms with Gasteiger partial charge in [-0.05, 0) is 19.1 Å². The topological polar surface area (TPSA) is 46.1 Å². The standard InChI is InChI=1S/C16H19N3O/c1-12-5-7-13(8-6-12)19(15(20)16(2,3)4)14-11-17-9-10-18-14/h5-11H,1-4H3. The van der Waals surface area contributed by atoms with Crippen LogP contribution in [0.5, 0.6) is 0 Å². The molecule has 104 valence electrons. The van der Waals surface area contributed by atoms with Gasteiger partial charge in [0.15, 0.2) is 5.82 Å². The number of aromatic nitrogens is 2. The zero-order valence-electron chi connectivity index (χ0n) is 12.3. The highest BCUT2D eigenvalue weighted by Crippen LogP contribution is 2.29. The summed E-state index contributed by atoms with van der Waals surface area (Å²) in [7, 11) is 0. The molecule has 0 unspecified atom stereocenters. The average molecular weight is 269 g/mol. The van der Waals surface area contributed by atoms with Gasteiger partial charge in [-0.3, -0.25) is 14.7 Å². The molecule has 20 heavy (non-hydrogen) atoms. The largest absolute Gasteiger partial charge is 0.273 e. The normalized spacial score (nSPS) is 11.2. The van der Waals surface area contributed by atoms with E-state index in [0.717, 1.165) is 11.3 Å². The second-order valence-corrected chi connectivity index (χ2v) is 5.79. The number of rotatable bonds is 2. The van der Waals surface area contributed by atoms with Gasteiger partial charge in [0.05, 0.1) is 11.9 Å². The van der Waals surface area contributed by atoms with E-state index >= 15 is 0 Å². The minimum atomic E-state index is -0.498. The number of carbonyl (C=O) groups is 1. The number of aryl methyl sites for hydroxylation is 1. The van der Waals surface area contributed by atoms with Crippen LogP contribution in [0.1, 0.15) is 26.3 Å². The Morgan fingerprint density at radius 2 is 1.75 bits per heavy atom. The molecule has 0 atom stereocenters. The van der Waals surface area contributed by atoms with Crippen molar-refractivity contribution in [3.8, 4) is 0 Å². The highest BCUT2D eigenvalue weighted by Gasteiger charge is 2.30. The van der Waals surface area contributed by atoms with Crippen LogP contribution in [0.4, 0.5) is 11.5 Å². The molecule has 0 bridgehead atoms. The zero-order valence-corrected chi connectivity index (χ0v) is 12.3. The van der Waals surface area contributed by atoms with Crippen molar-refractivity contribution in [1.29, 1.82) is 0 Å². The smallest absolute Gasteiger partial charge is 0.238 e. The molecular formula is C16H19N3O. The lowest BCUT2D eigenvalue weighted by Crippen LogP contribution is -2.36. The Balaban J connectivity index is 2.50. The molecule has 1 heterocycles. The van der Waals surface area contributed by atoms with Crippen molar-refractivity contribution < 1.29 is 4.79 Å². The summed E-state index contributed by atoms with van der Waals surface area (Å²) in [5.74, 6) is 0.526. The molecule has 0 spiro atoms. The fourth-order valence-corrected chi connectivity index (χ4v) is 1.79. The Bertz CT molecular complexity index is 585. The molecule has 0 saturated heterocycles. The lowest BCUT2D eigenvalue weighted by molar-refractivity contribution is -0.125. The van der Waals surface area contributed by atoms with Crippen LogP contribution in [0.15, 0.2) is 42.9 Å². The van der Waals surface area contributed by atoms with Crippen molar-refractivity contribution in [2.24, 2.45) is 5.41 Å². The molecule has 0 radical (unpaired) electrons. The van der Waals surface area contributed by atoms with Crippen LogP contribution in [0.3, 0.4) is 0 Å². The molecule has 4 nitrogen and oxygen atoms in total. The molecule has 0 aliphatic carbocycles. The van der Waals surface area contributed by atoms with Gasteiger partial charge in [-0.1, -0.05) is 38.5 Å². The molecule has 0 aliphatic rings. The lowest BCUT2D eigenvalue weighted by atomic mass is 9.94. The highest BCUT2D eigenvalue weighted by molar-refractivity contribution is 6.02. The van der Waals surface area contributed by atoms with Crippen LogP contribution in [0, 0.1) is 12.3 Å². The Kier molecular flexibility index (Phi) is 3.84. The highest BCUT2D eigenvalue weighted by atomic mass is 16.2. The predicted octanol–water partition coefficient (Wildman–Crippen LogP) is 3.50. The summed E-state index contributed by atoms with van der Waals surface area (Å²) in [6.07, 6.45) is 4.79. The molecule has 0 aliphatic heterocycles. The average Bonchev–Trinajstić information content (AvgIpc) is 2.41. The van der Waals surface area contributed by atoms with E-state index in [1.165, 1.54) is 0 Å². The second-order valence-electron chi connectivity index (χ2n) is 5.79. The van der Waals surface area contributed by atoms with E-state index < -0.39 is 5.41 Å². The third-order valence-electron chi connectivity index (χ3n) is 2.92.